The van der Waals surface area contributed by atoms with Crippen molar-refractivity contribution in [3.05, 3.63) is 11.4 Å². The quantitative estimate of drug-likeness (QED) is 0.908. The van der Waals surface area contributed by atoms with Gasteiger partial charge < -0.3 is 10.1 Å². The van der Waals surface area contributed by atoms with Gasteiger partial charge in [0.25, 0.3) is 0 Å². The summed E-state index contributed by atoms with van der Waals surface area (Å²) in [5, 5.41) is 3.18. The Bertz CT molecular complexity index is 513. The highest BCUT2D eigenvalue weighted by molar-refractivity contribution is 5.48. The number of rotatable bonds is 4. The molecule has 1 aromatic rings. The average Bonchev–Trinajstić information content (AvgIpc) is 3.28. The lowest BCUT2D eigenvalue weighted by Gasteiger charge is -2.34. The van der Waals surface area contributed by atoms with Crippen molar-refractivity contribution in [1.82, 2.24) is 9.97 Å². The predicted octanol–water partition coefficient (Wildman–Crippen LogP) is 4.05. The van der Waals surface area contributed by atoms with Gasteiger partial charge in [-0.2, -0.15) is 4.98 Å². The molecule has 0 spiro atoms. The van der Waals surface area contributed by atoms with Crippen LogP contribution in [0.3, 0.4) is 0 Å². The normalized spacial score (nSPS) is 22.1. The van der Waals surface area contributed by atoms with E-state index in [0.29, 0.717) is 17.4 Å². The summed E-state index contributed by atoms with van der Waals surface area (Å²) >= 11 is 0. The lowest BCUT2D eigenvalue weighted by atomic mass is 9.76. The molecule has 0 bridgehead atoms. The van der Waals surface area contributed by atoms with Crippen molar-refractivity contribution in [1.29, 1.82) is 0 Å². The summed E-state index contributed by atoms with van der Waals surface area (Å²) in [6, 6.07) is 0. The summed E-state index contributed by atoms with van der Waals surface area (Å²) in [6.07, 6.45) is 7.45. The number of hydrogen-bond acceptors (Lipinski definition) is 4. The maximum absolute atomic E-state index is 6.25. The molecule has 4 nitrogen and oxygen atoms in total. The molecule has 1 aromatic heterocycles. The Kier molecular flexibility index (Phi) is 3.80. The number of nitrogens with zero attached hydrogens (tertiary/aromatic N) is 2. The fraction of sp³-hybridized carbons (Fsp3) is 0.765. The van der Waals surface area contributed by atoms with Crippen LogP contribution >= 0.6 is 0 Å². The van der Waals surface area contributed by atoms with E-state index in [-0.39, 0.29) is 0 Å². The molecule has 3 rings (SSSR count). The molecule has 2 aliphatic carbocycles. The second-order valence-electron chi connectivity index (χ2n) is 7.37. The molecule has 0 amide bonds. The van der Waals surface area contributed by atoms with Gasteiger partial charge in [0.2, 0.25) is 5.88 Å². The van der Waals surface area contributed by atoms with Crippen LogP contribution in [0.1, 0.15) is 69.7 Å². The van der Waals surface area contributed by atoms with Gasteiger partial charge in [-0.05, 0) is 50.9 Å². The third-order valence-electron chi connectivity index (χ3n) is 4.86. The molecular weight excluding hydrogens is 262 g/mol. The minimum Gasteiger partial charge on any atom is -0.474 e. The number of anilines is 1. The van der Waals surface area contributed by atoms with E-state index in [4.69, 9.17) is 9.72 Å². The molecule has 2 aliphatic rings. The maximum Gasteiger partial charge on any atom is 0.222 e. The van der Waals surface area contributed by atoms with E-state index >= 15 is 0 Å². The van der Waals surface area contributed by atoms with Crippen LogP contribution in [0.25, 0.3) is 0 Å². The smallest absolute Gasteiger partial charge is 0.222 e. The number of aromatic nitrogens is 2. The fourth-order valence-corrected chi connectivity index (χ4v) is 3.04. The zero-order valence-electron chi connectivity index (χ0n) is 13.7. The molecule has 2 fully saturated rings. The highest BCUT2D eigenvalue weighted by atomic mass is 16.5. The zero-order chi connectivity index (χ0) is 15.0. The summed E-state index contributed by atoms with van der Waals surface area (Å²) in [4.78, 5) is 9.33. The summed E-state index contributed by atoms with van der Waals surface area (Å²) in [7, 11) is 1.92. The van der Waals surface area contributed by atoms with Crippen LogP contribution < -0.4 is 10.1 Å². The molecule has 116 valence electrons. The van der Waals surface area contributed by atoms with Gasteiger partial charge in [-0.15, -0.1) is 0 Å². The van der Waals surface area contributed by atoms with Crippen LogP contribution in [0.4, 0.5) is 5.82 Å². The number of hydrogen-bond donors (Lipinski definition) is 1. The van der Waals surface area contributed by atoms with Crippen LogP contribution in [0, 0.1) is 12.3 Å². The van der Waals surface area contributed by atoms with Crippen molar-refractivity contribution in [2.75, 3.05) is 12.4 Å². The average molecular weight is 289 g/mol. The first-order valence-electron chi connectivity index (χ1n) is 8.21. The summed E-state index contributed by atoms with van der Waals surface area (Å²) in [5.41, 5.74) is 1.50. The Morgan fingerprint density at radius 2 is 1.76 bits per heavy atom. The first kappa shape index (κ1) is 14.6. The van der Waals surface area contributed by atoms with Crippen LogP contribution in [0.2, 0.25) is 0 Å². The largest absolute Gasteiger partial charge is 0.474 e. The van der Waals surface area contributed by atoms with Gasteiger partial charge in [0.1, 0.15) is 17.7 Å². The van der Waals surface area contributed by atoms with Crippen molar-refractivity contribution >= 4 is 5.82 Å². The van der Waals surface area contributed by atoms with Gasteiger partial charge >= 0.3 is 0 Å². The van der Waals surface area contributed by atoms with Crippen molar-refractivity contribution in [3.63, 3.8) is 0 Å². The van der Waals surface area contributed by atoms with E-state index in [1.807, 2.05) is 14.0 Å². The standard InChI is InChI=1S/C17H27N3O/c1-11-14(18-4)19-15(12-5-6-12)20-16(11)21-13-7-9-17(2,3)10-8-13/h12-13H,5-10H2,1-4H3,(H,18,19,20). The molecule has 21 heavy (non-hydrogen) atoms. The van der Waals surface area contributed by atoms with Gasteiger partial charge in [-0.3, -0.25) is 0 Å². The second-order valence-corrected chi connectivity index (χ2v) is 7.37. The van der Waals surface area contributed by atoms with Gasteiger partial charge in [-0.1, -0.05) is 13.8 Å². The van der Waals surface area contributed by atoms with E-state index in [2.05, 4.69) is 24.1 Å². The van der Waals surface area contributed by atoms with E-state index in [0.717, 1.165) is 35.9 Å². The zero-order valence-corrected chi connectivity index (χ0v) is 13.7. The molecule has 1 heterocycles. The minimum absolute atomic E-state index is 0.309. The Morgan fingerprint density at radius 1 is 1.10 bits per heavy atom. The lowest BCUT2D eigenvalue weighted by Crippen LogP contribution is -2.29. The summed E-state index contributed by atoms with van der Waals surface area (Å²) in [5.74, 6) is 3.21. The van der Waals surface area contributed by atoms with Gasteiger partial charge in [0, 0.05) is 13.0 Å². The highest BCUT2D eigenvalue weighted by Gasteiger charge is 2.31. The monoisotopic (exact) mass is 289 g/mol. The van der Waals surface area contributed by atoms with E-state index < -0.39 is 0 Å². The van der Waals surface area contributed by atoms with Gasteiger partial charge in [-0.25, -0.2) is 4.98 Å². The molecule has 0 unspecified atom stereocenters. The summed E-state index contributed by atoms with van der Waals surface area (Å²) in [6.45, 7) is 6.75. The van der Waals surface area contributed by atoms with Crippen LogP contribution in [0.5, 0.6) is 5.88 Å². The summed E-state index contributed by atoms with van der Waals surface area (Å²) < 4.78 is 6.25. The van der Waals surface area contributed by atoms with Crippen molar-refractivity contribution in [2.45, 2.75) is 71.3 Å². The molecule has 1 N–H and O–H groups in total. The molecule has 0 radical (unpaired) electrons. The van der Waals surface area contributed by atoms with Crippen molar-refractivity contribution in [3.8, 4) is 5.88 Å². The van der Waals surface area contributed by atoms with Crippen LogP contribution in [-0.2, 0) is 0 Å². The third-order valence-corrected chi connectivity index (χ3v) is 4.86. The Labute approximate surface area is 127 Å². The highest BCUT2D eigenvalue weighted by Crippen LogP contribution is 2.41. The van der Waals surface area contributed by atoms with Crippen LogP contribution in [0.15, 0.2) is 0 Å². The minimum atomic E-state index is 0.309. The first-order valence-corrected chi connectivity index (χ1v) is 8.21. The van der Waals surface area contributed by atoms with Gasteiger partial charge in [0.05, 0.1) is 5.56 Å². The molecule has 4 heteroatoms. The second kappa shape index (κ2) is 5.47. The molecule has 0 atom stereocenters. The molecule has 0 saturated heterocycles. The maximum atomic E-state index is 6.25. The lowest BCUT2D eigenvalue weighted by molar-refractivity contribution is 0.0940. The Hall–Kier alpha value is -1.32. The fourth-order valence-electron chi connectivity index (χ4n) is 3.04. The van der Waals surface area contributed by atoms with Crippen molar-refractivity contribution in [2.24, 2.45) is 5.41 Å². The number of nitrogens with one attached hydrogen (secondary N) is 1. The molecule has 2 saturated carbocycles. The van der Waals surface area contributed by atoms with Gasteiger partial charge in [0.15, 0.2) is 0 Å². The Morgan fingerprint density at radius 3 is 2.33 bits per heavy atom. The van der Waals surface area contributed by atoms with E-state index in [1.54, 1.807) is 0 Å². The van der Waals surface area contributed by atoms with Crippen molar-refractivity contribution < 1.29 is 4.74 Å². The van der Waals surface area contributed by atoms with Crippen LogP contribution in [-0.4, -0.2) is 23.1 Å². The Balaban J connectivity index is 1.76. The molecule has 0 aliphatic heterocycles. The predicted molar refractivity (Wildman–Crippen MR) is 85.0 cm³/mol. The third kappa shape index (κ3) is 3.30. The molecule has 0 aromatic carbocycles. The first-order chi connectivity index (χ1) is 9.98. The number of ether oxygens (including phenoxy) is 1. The van der Waals surface area contributed by atoms with E-state index in [9.17, 15) is 0 Å². The SMILES string of the molecule is CNc1nc(C2CC2)nc(OC2CCC(C)(C)CC2)c1C. The molecular formula is C17H27N3O. The topological polar surface area (TPSA) is 47.0 Å². The van der Waals surface area contributed by atoms with E-state index in [1.165, 1.54) is 25.7 Å².